The van der Waals surface area contributed by atoms with E-state index in [1.165, 1.54) is 0 Å². The number of aliphatic hydroxyl groups is 2. The minimum Gasteiger partial charge on any atom is -0.479 e. The predicted molar refractivity (Wildman–Crippen MR) is 133 cm³/mol. The van der Waals surface area contributed by atoms with E-state index in [1.807, 2.05) is 43.3 Å². The molecule has 4 N–H and O–H groups in total. The van der Waals surface area contributed by atoms with Crippen LogP contribution in [0.25, 0.3) is 6.08 Å². The summed E-state index contributed by atoms with van der Waals surface area (Å²) in [6, 6.07) is 7.94. The van der Waals surface area contributed by atoms with Gasteiger partial charge in [-0.3, -0.25) is 9.59 Å². The number of aliphatic hydroxyl groups excluding tert-OH is 2. The summed E-state index contributed by atoms with van der Waals surface area (Å²) in [4.78, 5) is 49.1. The van der Waals surface area contributed by atoms with Gasteiger partial charge in [0.15, 0.2) is 18.0 Å². The topological polar surface area (TPSA) is 165 Å². The largest absolute Gasteiger partial charge is 0.479 e. The van der Waals surface area contributed by atoms with Gasteiger partial charge in [0.2, 0.25) is 0 Å². The number of carbonyl (C=O) groups is 4. The highest BCUT2D eigenvalue weighted by molar-refractivity contribution is 6.11. The second-order valence-corrected chi connectivity index (χ2v) is 8.49. The zero-order valence-electron chi connectivity index (χ0n) is 21.1. The van der Waals surface area contributed by atoms with Gasteiger partial charge < -0.3 is 35.0 Å². The van der Waals surface area contributed by atoms with Crippen LogP contribution in [0.15, 0.2) is 30.3 Å². The minimum absolute atomic E-state index is 0.149. The quantitative estimate of drug-likeness (QED) is 0.180. The Morgan fingerprint density at radius 1 is 1.03 bits per heavy atom. The highest BCUT2D eigenvalue weighted by Crippen LogP contribution is 2.36. The Morgan fingerprint density at radius 3 is 1.94 bits per heavy atom. The normalized spacial score (nSPS) is 18.8. The maximum Gasteiger partial charge on any atom is 0.335 e. The number of hydrogen-bond acceptors (Lipinski definition) is 9. The molecular weight excluding hydrogens is 472 g/mol. The van der Waals surface area contributed by atoms with Gasteiger partial charge in [-0.2, -0.15) is 0 Å². The van der Waals surface area contributed by atoms with E-state index in [2.05, 4.69) is 18.7 Å². The number of hydrogen-bond donors (Lipinski definition) is 4. The van der Waals surface area contributed by atoms with Crippen LogP contribution in [0.5, 0.6) is 0 Å². The number of rotatable bonds is 12. The Balaban J connectivity index is 0.000000548. The molecule has 1 aliphatic heterocycles. The number of anilines is 1. The molecule has 36 heavy (non-hydrogen) atoms. The van der Waals surface area contributed by atoms with Gasteiger partial charge in [0, 0.05) is 26.2 Å². The van der Waals surface area contributed by atoms with E-state index in [9.17, 15) is 19.2 Å². The van der Waals surface area contributed by atoms with Crippen LogP contribution in [-0.4, -0.2) is 102 Å². The van der Waals surface area contributed by atoms with Crippen LogP contribution in [0, 0.1) is 5.41 Å². The average molecular weight is 509 g/mol. The molecule has 1 fully saturated rings. The molecule has 0 saturated carbocycles. The highest BCUT2D eigenvalue weighted by atomic mass is 16.5. The number of ether oxygens (including phenoxy) is 1. The summed E-state index contributed by atoms with van der Waals surface area (Å²) < 4.78 is 5.17. The molecule has 3 unspecified atom stereocenters. The lowest BCUT2D eigenvalue weighted by Crippen LogP contribution is -2.39. The van der Waals surface area contributed by atoms with Gasteiger partial charge in [0.1, 0.15) is 5.41 Å². The SMILES string of the molecule is CCN(CC)CCC1(C(=O)/C=C/c2ccc(N(C)C)cc2)CCOC1=O.O=C(O)C(O)C(O)C(=O)O. The van der Waals surface area contributed by atoms with Crippen LogP contribution in [0.3, 0.4) is 0 Å². The summed E-state index contributed by atoms with van der Waals surface area (Å²) in [5.74, 6) is -4.06. The lowest BCUT2D eigenvalue weighted by molar-refractivity contribution is -0.165. The monoisotopic (exact) mass is 508 g/mol. The zero-order chi connectivity index (χ0) is 27.5. The fraction of sp³-hybridized carbons (Fsp3) is 0.520. The van der Waals surface area contributed by atoms with Gasteiger partial charge in [-0.05, 0) is 49.8 Å². The Hall–Kier alpha value is -3.28. The van der Waals surface area contributed by atoms with Gasteiger partial charge in [0.05, 0.1) is 6.61 Å². The molecular formula is C25H36N2O9. The standard InChI is InChI=1S/C21H30N2O3.C4H6O6/c1-5-23(6-2)15-13-21(14-16-26-20(21)25)19(24)12-9-17-7-10-18(11-8-17)22(3)4;5-1(3(7)8)2(6)4(9)10/h7-12H,5-6,13-16H2,1-4H3;1-2,5-6H,(H,7,8)(H,9,10)/b12-9+;. The zero-order valence-corrected chi connectivity index (χ0v) is 21.1. The fourth-order valence-corrected chi connectivity index (χ4v) is 3.51. The first-order valence-corrected chi connectivity index (χ1v) is 11.6. The van der Waals surface area contributed by atoms with Crippen molar-refractivity contribution in [3.8, 4) is 0 Å². The molecule has 0 radical (unpaired) electrons. The molecule has 0 aromatic heterocycles. The molecule has 0 spiro atoms. The van der Waals surface area contributed by atoms with E-state index >= 15 is 0 Å². The second-order valence-electron chi connectivity index (χ2n) is 8.49. The van der Waals surface area contributed by atoms with Gasteiger partial charge in [0.25, 0.3) is 0 Å². The molecule has 1 saturated heterocycles. The predicted octanol–water partition coefficient (Wildman–Crippen LogP) is 0.878. The van der Waals surface area contributed by atoms with Crippen molar-refractivity contribution in [3.63, 3.8) is 0 Å². The number of aliphatic carboxylic acids is 2. The van der Waals surface area contributed by atoms with Crippen molar-refractivity contribution in [1.29, 1.82) is 0 Å². The average Bonchev–Trinajstić information content (AvgIpc) is 3.23. The third-order valence-corrected chi connectivity index (χ3v) is 6.02. The lowest BCUT2D eigenvalue weighted by atomic mass is 9.78. The Bertz CT molecular complexity index is 908. The van der Waals surface area contributed by atoms with E-state index in [-0.39, 0.29) is 11.8 Å². The summed E-state index contributed by atoms with van der Waals surface area (Å²) in [7, 11) is 3.97. The van der Waals surface area contributed by atoms with Crippen molar-refractivity contribution in [2.75, 3.05) is 45.2 Å². The van der Waals surface area contributed by atoms with E-state index in [0.717, 1.165) is 30.9 Å². The van der Waals surface area contributed by atoms with Crippen LogP contribution in [0.1, 0.15) is 32.3 Å². The number of ketones is 1. The van der Waals surface area contributed by atoms with Gasteiger partial charge >= 0.3 is 17.9 Å². The maximum absolute atomic E-state index is 12.9. The number of allylic oxidation sites excluding steroid dienone is 1. The smallest absolute Gasteiger partial charge is 0.335 e. The van der Waals surface area contributed by atoms with Gasteiger partial charge in [-0.15, -0.1) is 0 Å². The van der Waals surface area contributed by atoms with Crippen LogP contribution >= 0.6 is 0 Å². The molecule has 1 aromatic carbocycles. The lowest BCUT2D eigenvalue weighted by Gasteiger charge is -2.26. The maximum atomic E-state index is 12.9. The van der Waals surface area contributed by atoms with Crippen molar-refractivity contribution >= 4 is 35.5 Å². The third-order valence-electron chi connectivity index (χ3n) is 6.02. The molecule has 3 atom stereocenters. The highest BCUT2D eigenvalue weighted by Gasteiger charge is 2.49. The molecule has 200 valence electrons. The van der Waals surface area contributed by atoms with E-state index < -0.39 is 29.6 Å². The summed E-state index contributed by atoms with van der Waals surface area (Å²) in [6.07, 6.45) is -0.229. The van der Waals surface area contributed by atoms with E-state index in [4.69, 9.17) is 25.2 Å². The molecule has 1 aliphatic rings. The number of cyclic esters (lactones) is 1. The molecule has 0 amide bonds. The van der Waals surface area contributed by atoms with Crippen molar-refractivity contribution < 1.29 is 44.3 Å². The first-order valence-electron chi connectivity index (χ1n) is 11.6. The van der Waals surface area contributed by atoms with Crippen molar-refractivity contribution in [2.45, 2.75) is 38.9 Å². The Labute approximate surface area is 210 Å². The number of esters is 1. The van der Waals surface area contributed by atoms with E-state index in [1.54, 1.807) is 12.2 Å². The van der Waals surface area contributed by atoms with Crippen molar-refractivity contribution in [3.05, 3.63) is 35.9 Å². The van der Waals surface area contributed by atoms with Crippen molar-refractivity contribution in [2.24, 2.45) is 5.41 Å². The van der Waals surface area contributed by atoms with Gasteiger partial charge in [-0.1, -0.05) is 32.1 Å². The second kappa shape index (κ2) is 14.3. The minimum atomic E-state index is -2.27. The first-order chi connectivity index (χ1) is 16.9. The molecule has 11 heteroatoms. The van der Waals surface area contributed by atoms with Crippen LogP contribution < -0.4 is 4.90 Å². The third kappa shape index (κ3) is 8.43. The van der Waals surface area contributed by atoms with Gasteiger partial charge in [-0.25, -0.2) is 9.59 Å². The summed E-state index contributed by atoms with van der Waals surface area (Å²) in [5, 5.41) is 32.5. The number of carboxylic acid groups (broad SMARTS) is 2. The number of carboxylic acids is 2. The molecule has 0 bridgehead atoms. The Morgan fingerprint density at radius 2 is 1.56 bits per heavy atom. The summed E-state index contributed by atoms with van der Waals surface area (Å²) in [6.45, 7) is 7.03. The van der Waals surface area contributed by atoms with E-state index in [0.29, 0.717) is 19.4 Å². The Kier molecular flexibility index (Phi) is 12.2. The van der Waals surface area contributed by atoms with Crippen LogP contribution in [0.4, 0.5) is 5.69 Å². The molecule has 11 nitrogen and oxygen atoms in total. The molecule has 0 aliphatic carbocycles. The van der Waals surface area contributed by atoms with Crippen LogP contribution in [0.2, 0.25) is 0 Å². The fourth-order valence-electron chi connectivity index (χ4n) is 3.51. The van der Waals surface area contributed by atoms with Crippen molar-refractivity contribution in [1.82, 2.24) is 4.90 Å². The molecule has 1 heterocycles. The number of carbonyl (C=O) groups excluding carboxylic acids is 2. The summed E-state index contributed by atoms with van der Waals surface area (Å²) in [5.41, 5.74) is 1.01. The number of nitrogens with zero attached hydrogens (tertiary/aromatic N) is 2. The summed E-state index contributed by atoms with van der Waals surface area (Å²) >= 11 is 0. The van der Waals surface area contributed by atoms with Crippen LogP contribution in [-0.2, 0) is 23.9 Å². The molecule has 1 aromatic rings. The number of benzene rings is 1. The molecule has 2 rings (SSSR count). The first kappa shape index (κ1) is 30.8.